The first-order valence-corrected chi connectivity index (χ1v) is 7.51. The van der Waals surface area contributed by atoms with Crippen LogP contribution in [0, 0.1) is 5.92 Å². The van der Waals surface area contributed by atoms with Crippen LogP contribution in [0.15, 0.2) is 0 Å². The van der Waals surface area contributed by atoms with Crippen molar-refractivity contribution in [2.45, 2.75) is 62.6 Å². The fourth-order valence-electron chi connectivity index (χ4n) is 3.95. The summed E-state index contributed by atoms with van der Waals surface area (Å²) >= 11 is 0. The van der Waals surface area contributed by atoms with Crippen molar-refractivity contribution < 1.29 is 17.3 Å². The highest BCUT2D eigenvalue weighted by atomic mass is 32.2. The van der Waals surface area contributed by atoms with Crippen LogP contribution in [-0.2, 0) is 19.0 Å². The van der Waals surface area contributed by atoms with Gasteiger partial charge < -0.3 is 4.74 Å². The molecule has 3 heterocycles. The second kappa shape index (κ2) is 2.82. The number of hydrogen-bond acceptors (Lipinski definition) is 4. The largest absolute Gasteiger partial charge is 0.364 e. The maximum absolute atomic E-state index is 11.9. The van der Waals surface area contributed by atoms with Crippen LogP contribution in [-0.4, -0.2) is 31.0 Å². The molecule has 0 spiro atoms. The first-order valence-electron chi connectivity index (χ1n) is 6.04. The highest BCUT2D eigenvalue weighted by Crippen LogP contribution is 2.63. The van der Waals surface area contributed by atoms with E-state index in [0.29, 0.717) is 12.8 Å². The number of rotatable bonds is 2. The van der Waals surface area contributed by atoms with E-state index in [1.165, 1.54) is 0 Å². The van der Waals surface area contributed by atoms with Crippen LogP contribution in [0.2, 0.25) is 0 Å². The second-order valence-electron chi connectivity index (χ2n) is 5.32. The molecule has 5 unspecified atom stereocenters. The molecular weight excluding hydrogens is 228 g/mol. The van der Waals surface area contributed by atoms with Gasteiger partial charge in [-0.15, -0.1) is 0 Å². The summed E-state index contributed by atoms with van der Waals surface area (Å²) in [5.74, 6) is 0.172. The topological polar surface area (TPSA) is 52.6 Å². The summed E-state index contributed by atoms with van der Waals surface area (Å²) < 4.78 is 35.4. The highest BCUT2D eigenvalue weighted by molar-refractivity contribution is 7.87. The van der Waals surface area contributed by atoms with Crippen molar-refractivity contribution in [2.24, 2.45) is 5.92 Å². The van der Waals surface area contributed by atoms with Gasteiger partial charge in [0.25, 0.3) is 10.1 Å². The minimum atomic E-state index is -3.41. The molecule has 0 aliphatic carbocycles. The minimum absolute atomic E-state index is 0.172. The van der Waals surface area contributed by atoms with Crippen LogP contribution in [0.5, 0.6) is 0 Å². The molecule has 0 amide bonds. The van der Waals surface area contributed by atoms with E-state index < -0.39 is 21.0 Å². The zero-order valence-corrected chi connectivity index (χ0v) is 10.7. The van der Waals surface area contributed by atoms with E-state index in [1.54, 1.807) is 0 Å². The van der Waals surface area contributed by atoms with Crippen LogP contribution in [0.3, 0.4) is 0 Å². The van der Waals surface area contributed by atoms with Crippen LogP contribution in [0.25, 0.3) is 0 Å². The molecular formula is C11H18O4S. The maximum Gasteiger partial charge on any atom is 0.273 e. The van der Waals surface area contributed by atoms with E-state index in [-0.39, 0.29) is 17.6 Å². The third-order valence-electron chi connectivity index (χ3n) is 4.97. The van der Waals surface area contributed by atoms with E-state index in [4.69, 9.17) is 8.92 Å². The van der Waals surface area contributed by atoms with Crippen molar-refractivity contribution in [3.63, 3.8) is 0 Å². The van der Waals surface area contributed by atoms with Gasteiger partial charge in [-0.25, -0.2) is 0 Å². The van der Waals surface area contributed by atoms with E-state index in [1.807, 2.05) is 6.92 Å². The van der Waals surface area contributed by atoms with Crippen LogP contribution < -0.4 is 0 Å². The highest BCUT2D eigenvalue weighted by Gasteiger charge is 2.77. The average molecular weight is 246 g/mol. The van der Waals surface area contributed by atoms with Gasteiger partial charge in [0.15, 0.2) is 0 Å². The van der Waals surface area contributed by atoms with E-state index in [2.05, 4.69) is 13.8 Å². The molecule has 0 saturated carbocycles. The lowest BCUT2D eigenvalue weighted by atomic mass is 9.71. The maximum atomic E-state index is 11.9. The zero-order chi connectivity index (χ0) is 11.8. The second-order valence-corrected chi connectivity index (χ2v) is 7.07. The van der Waals surface area contributed by atoms with Gasteiger partial charge in [-0.2, -0.15) is 8.42 Å². The predicted octanol–water partition coefficient (Wildman–Crippen LogP) is 1.45. The van der Waals surface area contributed by atoms with Gasteiger partial charge in [0.05, 0.1) is 5.60 Å². The lowest BCUT2D eigenvalue weighted by molar-refractivity contribution is -0.0663. The minimum Gasteiger partial charge on any atom is -0.364 e. The molecule has 5 atom stereocenters. The third-order valence-corrected chi connectivity index (χ3v) is 6.71. The lowest BCUT2D eigenvalue weighted by Gasteiger charge is -2.31. The van der Waals surface area contributed by atoms with Gasteiger partial charge in [-0.3, -0.25) is 4.18 Å². The zero-order valence-electron chi connectivity index (χ0n) is 9.89. The average Bonchev–Trinajstić information content (AvgIpc) is 2.76. The normalized spacial score (nSPS) is 57.1. The molecule has 4 nitrogen and oxygen atoms in total. The smallest absolute Gasteiger partial charge is 0.273 e. The Labute approximate surface area is 96.4 Å². The number of ether oxygens (including phenoxy) is 1. The Balaban J connectivity index is 2.17. The monoisotopic (exact) mass is 246 g/mol. The van der Waals surface area contributed by atoms with Gasteiger partial charge >= 0.3 is 0 Å². The van der Waals surface area contributed by atoms with Crippen LogP contribution >= 0.6 is 0 Å². The van der Waals surface area contributed by atoms with E-state index >= 15 is 0 Å². The Morgan fingerprint density at radius 3 is 2.50 bits per heavy atom. The van der Waals surface area contributed by atoms with Crippen molar-refractivity contribution in [3.8, 4) is 0 Å². The fraction of sp³-hybridized carbons (Fsp3) is 1.00. The summed E-state index contributed by atoms with van der Waals surface area (Å²) in [6, 6.07) is 0. The Bertz CT molecular complexity index is 431. The summed E-state index contributed by atoms with van der Waals surface area (Å²) in [4.78, 5) is 0. The van der Waals surface area contributed by atoms with Gasteiger partial charge in [0.1, 0.15) is 17.0 Å². The van der Waals surface area contributed by atoms with Gasteiger partial charge in [0.2, 0.25) is 0 Å². The molecule has 0 aromatic heterocycles. The molecule has 3 aliphatic rings. The Kier molecular flexibility index (Phi) is 1.93. The van der Waals surface area contributed by atoms with Crippen molar-refractivity contribution in [1.82, 2.24) is 0 Å². The summed E-state index contributed by atoms with van der Waals surface area (Å²) in [5, 5.41) is -0.439. The molecule has 3 saturated heterocycles. The first kappa shape index (κ1) is 11.0. The molecule has 0 N–H and O–H groups in total. The van der Waals surface area contributed by atoms with Crippen LogP contribution in [0.1, 0.15) is 40.0 Å². The van der Waals surface area contributed by atoms with Crippen molar-refractivity contribution in [2.75, 3.05) is 0 Å². The lowest BCUT2D eigenvalue weighted by Crippen LogP contribution is -2.47. The summed E-state index contributed by atoms with van der Waals surface area (Å²) in [6.07, 6.45) is 1.92. The predicted molar refractivity (Wildman–Crippen MR) is 58.5 cm³/mol. The standard InChI is InChI=1S/C11H18O4S/c1-4-10-6-8-11(5-2,15-10)9(7(10)3)14-16(8,12)13/h7-9H,4-6H2,1-3H3. The fourth-order valence-corrected chi connectivity index (χ4v) is 6.03. The summed E-state index contributed by atoms with van der Waals surface area (Å²) in [6.45, 7) is 6.12. The van der Waals surface area contributed by atoms with E-state index in [9.17, 15) is 8.42 Å². The molecule has 3 aliphatic heterocycles. The van der Waals surface area contributed by atoms with Gasteiger partial charge in [-0.1, -0.05) is 20.8 Å². The third kappa shape index (κ3) is 0.924. The molecule has 3 fully saturated rings. The van der Waals surface area contributed by atoms with Crippen molar-refractivity contribution in [3.05, 3.63) is 0 Å². The Hall–Kier alpha value is -0.130. The summed E-state index contributed by atoms with van der Waals surface area (Å²) in [7, 11) is -3.41. The summed E-state index contributed by atoms with van der Waals surface area (Å²) in [5.41, 5.74) is -0.830. The SMILES string of the molecule is CCC12CC3C(CC)(O1)C(OS3(=O)=O)C2C. The van der Waals surface area contributed by atoms with Crippen molar-refractivity contribution in [1.29, 1.82) is 0 Å². The number of fused-ring (bicyclic) bond motifs is 1. The molecule has 0 aromatic carbocycles. The number of hydrogen-bond donors (Lipinski definition) is 0. The van der Waals surface area contributed by atoms with Crippen molar-refractivity contribution >= 4 is 10.1 Å². The quantitative estimate of drug-likeness (QED) is 0.692. The molecule has 2 bridgehead atoms. The van der Waals surface area contributed by atoms with E-state index in [0.717, 1.165) is 6.42 Å². The molecule has 0 radical (unpaired) electrons. The molecule has 92 valence electrons. The Morgan fingerprint density at radius 2 is 2.00 bits per heavy atom. The van der Waals surface area contributed by atoms with Gasteiger partial charge in [-0.05, 0) is 19.3 Å². The molecule has 5 heteroatoms. The molecule has 3 rings (SSSR count). The molecule has 0 aromatic rings. The van der Waals surface area contributed by atoms with Crippen LogP contribution in [0.4, 0.5) is 0 Å². The van der Waals surface area contributed by atoms with Gasteiger partial charge in [0, 0.05) is 5.92 Å². The Morgan fingerprint density at radius 1 is 1.31 bits per heavy atom. The molecule has 16 heavy (non-hydrogen) atoms. The first-order chi connectivity index (χ1) is 7.42.